The number of rotatable bonds is 8. The lowest BCUT2D eigenvalue weighted by Gasteiger charge is -2.34. The molecule has 2 amide bonds. The molecule has 2 aromatic carbocycles. The Balaban J connectivity index is 1.75. The normalized spacial score (nSPS) is 12.5. The molecule has 33 heavy (non-hydrogen) atoms. The highest BCUT2D eigenvalue weighted by molar-refractivity contribution is 7.10. The summed E-state index contributed by atoms with van der Waals surface area (Å²) in [6, 6.07) is 19.8. The van der Waals surface area contributed by atoms with Crippen molar-refractivity contribution in [3.05, 3.63) is 77.0 Å². The fourth-order valence-electron chi connectivity index (χ4n) is 3.57. The first-order valence-electron chi connectivity index (χ1n) is 10.9. The molecule has 0 aliphatic heterocycles. The van der Waals surface area contributed by atoms with E-state index in [0.29, 0.717) is 11.2 Å². The van der Waals surface area contributed by atoms with Gasteiger partial charge in [-0.25, -0.2) is 4.68 Å². The molecule has 0 unspecified atom stereocenters. The summed E-state index contributed by atoms with van der Waals surface area (Å²) in [7, 11) is 0. The van der Waals surface area contributed by atoms with Crippen molar-refractivity contribution in [3.8, 4) is 0 Å². The van der Waals surface area contributed by atoms with E-state index in [1.165, 1.54) is 11.3 Å². The second kappa shape index (κ2) is 9.54. The van der Waals surface area contributed by atoms with Crippen LogP contribution in [0.1, 0.15) is 38.1 Å². The SMILES string of the molecule is CCC(C)(C)NC(=O)[C@H](c1cccs1)N(C(=O)Cn1nnc2ccccc21)c1ccccc1. The van der Waals surface area contributed by atoms with Crippen LogP contribution < -0.4 is 10.2 Å². The molecule has 4 rings (SSSR count). The maximum atomic E-state index is 13.8. The van der Waals surface area contributed by atoms with Crippen LogP contribution in [0.25, 0.3) is 11.0 Å². The van der Waals surface area contributed by atoms with Gasteiger partial charge in [-0.3, -0.25) is 14.5 Å². The molecule has 1 atom stereocenters. The summed E-state index contributed by atoms with van der Waals surface area (Å²) in [4.78, 5) is 29.8. The second-order valence-corrected chi connectivity index (χ2v) is 9.46. The highest BCUT2D eigenvalue weighted by Crippen LogP contribution is 2.31. The first-order valence-corrected chi connectivity index (χ1v) is 11.8. The van der Waals surface area contributed by atoms with Crippen LogP contribution in [0, 0.1) is 0 Å². The predicted molar refractivity (Wildman–Crippen MR) is 131 cm³/mol. The lowest BCUT2D eigenvalue weighted by atomic mass is 10.0. The summed E-state index contributed by atoms with van der Waals surface area (Å²) in [5.74, 6) is -0.468. The number of anilines is 1. The zero-order valence-corrected chi connectivity index (χ0v) is 19.7. The zero-order chi connectivity index (χ0) is 23.4. The molecule has 2 heterocycles. The van der Waals surface area contributed by atoms with Gasteiger partial charge in [0, 0.05) is 16.1 Å². The average Bonchev–Trinajstić information content (AvgIpc) is 3.48. The van der Waals surface area contributed by atoms with E-state index in [9.17, 15) is 9.59 Å². The molecule has 2 aromatic heterocycles. The number of nitrogens with zero attached hydrogens (tertiary/aromatic N) is 4. The Kier molecular flexibility index (Phi) is 6.55. The summed E-state index contributed by atoms with van der Waals surface area (Å²) in [6.45, 7) is 5.94. The minimum Gasteiger partial charge on any atom is -0.349 e. The molecule has 0 fully saturated rings. The fourth-order valence-corrected chi connectivity index (χ4v) is 4.39. The van der Waals surface area contributed by atoms with E-state index in [4.69, 9.17) is 0 Å². The number of fused-ring (bicyclic) bond motifs is 1. The van der Waals surface area contributed by atoms with Crippen molar-refractivity contribution in [2.75, 3.05) is 4.90 Å². The number of hydrogen-bond donors (Lipinski definition) is 1. The molecule has 0 saturated carbocycles. The van der Waals surface area contributed by atoms with E-state index in [1.54, 1.807) is 9.58 Å². The Morgan fingerprint density at radius 3 is 2.48 bits per heavy atom. The van der Waals surface area contributed by atoms with Gasteiger partial charge >= 0.3 is 0 Å². The largest absolute Gasteiger partial charge is 0.349 e. The fraction of sp³-hybridized carbons (Fsp3) is 0.280. The lowest BCUT2D eigenvalue weighted by Crippen LogP contribution is -2.50. The zero-order valence-electron chi connectivity index (χ0n) is 18.9. The summed E-state index contributed by atoms with van der Waals surface area (Å²) in [5, 5.41) is 13.4. The predicted octanol–water partition coefficient (Wildman–Crippen LogP) is 4.57. The standard InChI is InChI=1S/C25H27N5O2S/c1-4-25(2,3)26-24(32)23(21-15-10-16-33-21)30(18-11-6-5-7-12-18)22(31)17-29-20-14-9-8-13-19(20)27-28-29/h5-16,23H,4,17H2,1-3H3,(H,26,32)/t23-/m0/s1. The van der Waals surface area contributed by atoms with Crippen LogP contribution in [0.4, 0.5) is 5.69 Å². The molecule has 0 spiro atoms. The number of carbonyl (C=O) groups is 2. The average molecular weight is 462 g/mol. The molecule has 1 N–H and O–H groups in total. The Morgan fingerprint density at radius 1 is 1.06 bits per heavy atom. The van der Waals surface area contributed by atoms with Gasteiger partial charge in [0.1, 0.15) is 18.1 Å². The van der Waals surface area contributed by atoms with Crippen LogP contribution in [-0.4, -0.2) is 32.3 Å². The number of carbonyl (C=O) groups excluding carboxylic acids is 2. The van der Waals surface area contributed by atoms with E-state index < -0.39 is 11.6 Å². The molecule has 0 saturated heterocycles. The van der Waals surface area contributed by atoms with Crippen LogP contribution in [0.15, 0.2) is 72.1 Å². The topological polar surface area (TPSA) is 80.1 Å². The number of hydrogen-bond acceptors (Lipinski definition) is 5. The Hall–Kier alpha value is -3.52. The van der Waals surface area contributed by atoms with Gasteiger partial charge in [0.25, 0.3) is 0 Å². The lowest BCUT2D eigenvalue weighted by molar-refractivity contribution is -0.128. The van der Waals surface area contributed by atoms with Crippen molar-refractivity contribution in [2.45, 2.75) is 45.3 Å². The van der Waals surface area contributed by atoms with Gasteiger partial charge in [0.2, 0.25) is 11.8 Å². The first-order chi connectivity index (χ1) is 15.9. The number of nitrogens with one attached hydrogen (secondary N) is 1. The van der Waals surface area contributed by atoms with Crippen molar-refractivity contribution in [3.63, 3.8) is 0 Å². The quantitative estimate of drug-likeness (QED) is 0.417. The van der Waals surface area contributed by atoms with Gasteiger partial charge < -0.3 is 5.32 Å². The maximum absolute atomic E-state index is 13.8. The molecule has 0 aliphatic carbocycles. The third-order valence-electron chi connectivity index (χ3n) is 5.67. The molecular formula is C25H27N5O2S. The molecule has 4 aromatic rings. The number of amides is 2. The van der Waals surface area contributed by atoms with Gasteiger partial charge in [0.05, 0.1) is 5.52 Å². The smallest absolute Gasteiger partial charge is 0.249 e. The molecule has 0 aliphatic rings. The van der Waals surface area contributed by atoms with Gasteiger partial charge in [-0.1, -0.05) is 48.5 Å². The third-order valence-corrected chi connectivity index (χ3v) is 6.60. The number of benzene rings is 2. The van der Waals surface area contributed by atoms with Crippen molar-refractivity contribution in [2.24, 2.45) is 0 Å². The number of thiophene rings is 1. The van der Waals surface area contributed by atoms with Crippen molar-refractivity contribution >= 4 is 39.9 Å². The minimum atomic E-state index is -0.805. The van der Waals surface area contributed by atoms with E-state index in [-0.39, 0.29) is 18.4 Å². The van der Waals surface area contributed by atoms with Crippen LogP contribution in [0.5, 0.6) is 0 Å². The third kappa shape index (κ3) is 4.96. The number of aromatic nitrogens is 3. The number of para-hydroxylation sites is 2. The summed E-state index contributed by atoms with van der Waals surface area (Å²) >= 11 is 1.45. The summed E-state index contributed by atoms with van der Waals surface area (Å²) in [6.07, 6.45) is 0.764. The Morgan fingerprint density at radius 2 is 1.79 bits per heavy atom. The van der Waals surface area contributed by atoms with Gasteiger partial charge in [-0.2, -0.15) is 0 Å². The second-order valence-electron chi connectivity index (χ2n) is 8.48. The van der Waals surface area contributed by atoms with E-state index in [1.807, 2.05) is 92.9 Å². The Labute approximate surface area is 197 Å². The molecule has 0 bridgehead atoms. The highest BCUT2D eigenvalue weighted by atomic mass is 32.1. The molecular weight excluding hydrogens is 434 g/mol. The van der Waals surface area contributed by atoms with Crippen LogP contribution >= 0.6 is 11.3 Å². The van der Waals surface area contributed by atoms with Crippen LogP contribution in [-0.2, 0) is 16.1 Å². The molecule has 170 valence electrons. The maximum Gasteiger partial charge on any atom is 0.249 e. The van der Waals surface area contributed by atoms with Gasteiger partial charge in [0.15, 0.2) is 0 Å². The van der Waals surface area contributed by atoms with Crippen molar-refractivity contribution in [1.82, 2.24) is 20.3 Å². The summed E-state index contributed by atoms with van der Waals surface area (Å²) < 4.78 is 1.58. The van der Waals surface area contributed by atoms with E-state index in [2.05, 4.69) is 15.6 Å². The van der Waals surface area contributed by atoms with Gasteiger partial charge in [-0.15, -0.1) is 16.4 Å². The van der Waals surface area contributed by atoms with Crippen LogP contribution in [0.2, 0.25) is 0 Å². The highest BCUT2D eigenvalue weighted by Gasteiger charge is 2.35. The molecule has 7 nitrogen and oxygen atoms in total. The summed E-state index contributed by atoms with van der Waals surface area (Å²) in [5.41, 5.74) is 1.73. The minimum absolute atomic E-state index is 0.0399. The van der Waals surface area contributed by atoms with Gasteiger partial charge in [-0.05, 0) is 56.0 Å². The molecule has 0 radical (unpaired) electrons. The molecule has 8 heteroatoms. The monoisotopic (exact) mass is 461 g/mol. The van der Waals surface area contributed by atoms with Crippen molar-refractivity contribution < 1.29 is 9.59 Å². The van der Waals surface area contributed by atoms with Crippen molar-refractivity contribution in [1.29, 1.82) is 0 Å². The first kappa shape index (κ1) is 22.7. The Bertz CT molecular complexity index is 1230. The van der Waals surface area contributed by atoms with Crippen LogP contribution in [0.3, 0.4) is 0 Å². The van der Waals surface area contributed by atoms with E-state index >= 15 is 0 Å². The van der Waals surface area contributed by atoms with E-state index in [0.717, 1.165) is 16.8 Å².